The molecule has 1 fully saturated rings. The standard InChI is InChI=1S/C15H25N3O3S/c1-4-5-15(2,3)14-16-6-7-17(14)10-13-22(19,20)18-8-11-21-12-9-18/h4,6-7H,1,5,8-13H2,2-3H3. The molecular weight excluding hydrogens is 302 g/mol. The first-order valence-electron chi connectivity index (χ1n) is 7.55. The van der Waals surface area contributed by atoms with Crippen molar-refractivity contribution in [3.63, 3.8) is 0 Å². The molecular formula is C15H25N3O3S. The lowest BCUT2D eigenvalue weighted by Crippen LogP contribution is -2.42. The minimum absolute atomic E-state index is 0.0839. The van der Waals surface area contributed by atoms with Gasteiger partial charge in [0.2, 0.25) is 10.0 Å². The second kappa shape index (κ2) is 6.93. The molecule has 0 saturated carbocycles. The van der Waals surface area contributed by atoms with E-state index in [9.17, 15) is 8.42 Å². The van der Waals surface area contributed by atoms with Crippen molar-refractivity contribution in [1.82, 2.24) is 13.9 Å². The van der Waals surface area contributed by atoms with Crippen molar-refractivity contribution in [1.29, 1.82) is 0 Å². The van der Waals surface area contributed by atoms with Gasteiger partial charge >= 0.3 is 0 Å². The molecule has 1 aromatic rings. The summed E-state index contributed by atoms with van der Waals surface area (Å²) in [6.07, 6.45) is 6.22. The number of rotatable bonds is 7. The molecule has 124 valence electrons. The zero-order valence-electron chi connectivity index (χ0n) is 13.4. The third-order valence-corrected chi connectivity index (χ3v) is 5.78. The Bertz CT molecular complexity index is 601. The van der Waals surface area contributed by atoms with Crippen molar-refractivity contribution in [3.8, 4) is 0 Å². The molecule has 0 radical (unpaired) electrons. The molecule has 0 bridgehead atoms. The Kier molecular flexibility index (Phi) is 5.41. The number of morpholine rings is 1. The monoisotopic (exact) mass is 327 g/mol. The zero-order valence-corrected chi connectivity index (χ0v) is 14.2. The Hall–Kier alpha value is -1.18. The summed E-state index contributed by atoms with van der Waals surface area (Å²) in [6, 6.07) is 0. The molecule has 2 heterocycles. The van der Waals surface area contributed by atoms with Gasteiger partial charge in [0.05, 0.1) is 19.0 Å². The maximum atomic E-state index is 12.4. The Morgan fingerprint density at radius 1 is 1.41 bits per heavy atom. The van der Waals surface area contributed by atoms with Gasteiger partial charge in [0.25, 0.3) is 0 Å². The van der Waals surface area contributed by atoms with Gasteiger partial charge in [0.15, 0.2) is 0 Å². The number of ether oxygens (including phenoxy) is 1. The maximum Gasteiger partial charge on any atom is 0.216 e. The summed E-state index contributed by atoms with van der Waals surface area (Å²) in [5.74, 6) is 0.977. The van der Waals surface area contributed by atoms with E-state index in [2.05, 4.69) is 25.4 Å². The maximum absolute atomic E-state index is 12.4. The Morgan fingerprint density at radius 3 is 2.73 bits per heavy atom. The topological polar surface area (TPSA) is 64.4 Å². The van der Waals surface area contributed by atoms with Crippen LogP contribution in [0.15, 0.2) is 25.0 Å². The molecule has 0 aliphatic carbocycles. The summed E-state index contributed by atoms with van der Waals surface area (Å²) in [5.41, 5.74) is -0.159. The number of hydrogen-bond donors (Lipinski definition) is 0. The van der Waals surface area contributed by atoms with E-state index in [1.54, 1.807) is 6.20 Å². The average molecular weight is 327 g/mol. The fraction of sp³-hybridized carbons (Fsp3) is 0.667. The first-order valence-corrected chi connectivity index (χ1v) is 9.16. The summed E-state index contributed by atoms with van der Waals surface area (Å²) >= 11 is 0. The minimum Gasteiger partial charge on any atom is -0.379 e. The van der Waals surface area contributed by atoms with Gasteiger partial charge in [-0.25, -0.2) is 13.4 Å². The summed E-state index contributed by atoms with van der Waals surface area (Å²) in [7, 11) is -3.25. The highest BCUT2D eigenvalue weighted by Crippen LogP contribution is 2.26. The number of nitrogens with zero attached hydrogens (tertiary/aromatic N) is 3. The van der Waals surface area contributed by atoms with E-state index in [1.807, 2.05) is 16.8 Å². The Morgan fingerprint density at radius 2 is 2.09 bits per heavy atom. The highest BCUT2D eigenvalue weighted by atomic mass is 32.2. The van der Waals surface area contributed by atoms with E-state index in [4.69, 9.17) is 4.74 Å². The number of sulfonamides is 1. The largest absolute Gasteiger partial charge is 0.379 e. The SMILES string of the molecule is C=CCC(C)(C)c1nccn1CCS(=O)(=O)N1CCOCC1. The van der Waals surface area contributed by atoms with E-state index >= 15 is 0 Å². The summed E-state index contributed by atoms with van der Waals surface area (Å²) < 4.78 is 33.4. The molecule has 0 unspecified atom stereocenters. The quantitative estimate of drug-likeness (QED) is 0.710. The molecule has 7 heteroatoms. The van der Waals surface area contributed by atoms with Crippen LogP contribution in [-0.4, -0.2) is 54.3 Å². The van der Waals surface area contributed by atoms with Crippen LogP contribution in [0.2, 0.25) is 0 Å². The van der Waals surface area contributed by atoms with Crippen LogP contribution in [0.25, 0.3) is 0 Å². The highest BCUT2D eigenvalue weighted by molar-refractivity contribution is 7.89. The van der Waals surface area contributed by atoms with Gasteiger partial charge in [0.1, 0.15) is 5.82 Å². The van der Waals surface area contributed by atoms with Crippen LogP contribution in [0.5, 0.6) is 0 Å². The zero-order chi connectivity index (χ0) is 16.2. The van der Waals surface area contributed by atoms with Crippen molar-refractivity contribution in [2.24, 2.45) is 0 Å². The van der Waals surface area contributed by atoms with Crippen molar-refractivity contribution < 1.29 is 13.2 Å². The lowest BCUT2D eigenvalue weighted by molar-refractivity contribution is 0.0730. The van der Waals surface area contributed by atoms with Crippen LogP contribution in [0.1, 0.15) is 26.1 Å². The fourth-order valence-electron chi connectivity index (χ4n) is 2.69. The van der Waals surface area contributed by atoms with E-state index in [0.29, 0.717) is 32.8 Å². The molecule has 1 aliphatic rings. The smallest absolute Gasteiger partial charge is 0.216 e. The molecule has 0 spiro atoms. The van der Waals surface area contributed by atoms with Gasteiger partial charge in [-0.3, -0.25) is 0 Å². The third-order valence-electron chi connectivity index (χ3n) is 3.93. The molecule has 1 saturated heterocycles. The van der Waals surface area contributed by atoms with Gasteiger partial charge in [-0.1, -0.05) is 19.9 Å². The number of imidazole rings is 1. The van der Waals surface area contributed by atoms with Crippen LogP contribution in [0, 0.1) is 0 Å². The van der Waals surface area contributed by atoms with Crippen LogP contribution in [0.3, 0.4) is 0 Å². The van der Waals surface area contributed by atoms with Gasteiger partial charge in [-0.2, -0.15) is 4.31 Å². The second-order valence-corrected chi connectivity index (χ2v) is 8.24. The van der Waals surface area contributed by atoms with Gasteiger partial charge < -0.3 is 9.30 Å². The van der Waals surface area contributed by atoms with E-state index in [-0.39, 0.29) is 11.2 Å². The Labute approximate surface area is 132 Å². The lowest BCUT2D eigenvalue weighted by Gasteiger charge is -2.27. The average Bonchev–Trinajstić information content (AvgIpc) is 2.96. The predicted molar refractivity (Wildman–Crippen MR) is 86.2 cm³/mol. The van der Waals surface area contributed by atoms with E-state index in [0.717, 1.165) is 12.2 Å². The number of aryl methyl sites for hydroxylation is 1. The fourth-order valence-corrected chi connectivity index (χ4v) is 4.08. The van der Waals surface area contributed by atoms with Crippen LogP contribution in [-0.2, 0) is 26.7 Å². The van der Waals surface area contributed by atoms with Crippen molar-refractivity contribution in [2.45, 2.75) is 32.2 Å². The molecule has 22 heavy (non-hydrogen) atoms. The number of aromatic nitrogens is 2. The van der Waals surface area contributed by atoms with Gasteiger partial charge in [-0.15, -0.1) is 6.58 Å². The number of hydrogen-bond acceptors (Lipinski definition) is 4. The molecule has 2 rings (SSSR count). The van der Waals surface area contributed by atoms with Crippen LogP contribution < -0.4 is 0 Å². The summed E-state index contributed by atoms with van der Waals surface area (Å²) in [5, 5.41) is 0. The minimum atomic E-state index is -3.25. The van der Waals surface area contributed by atoms with Crippen molar-refractivity contribution >= 4 is 10.0 Å². The third kappa shape index (κ3) is 3.97. The molecule has 0 amide bonds. The summed E-state index contributed by atoms with van der Waals surface area (Å²) in [6.45, 7) is 10.2. The van der Waals surface area contributed by atoms with Crippen LogP contribution >= 0.6 is 0 Å². The van der Waals surface area contributed by atoms with Crippen LogP contribution in [0.4, 0.5) is 0 Å². The molecule has 0 N–H and O–H groups in total. The van der Waals surface area contributed by atoms with Crippen molar-refractivity contribution in [2.75, 3.05) is 32.1 Å². The van der Waals surface area contributed by atoms with Gasteiger partial charge in [-0.05, 0) is 6.42 Å². The number of allylic oxidation sites excluding steroid dienone is 1. The summed E-state index contributed by atoms with van der Waals surface area (Å²) in [4.78, 5) is 4.41. The predicted octanol–water partition coefficient (Wildman–Crippen LogP) is 1.40. The normalized spacial score (nSPS) is 17.5. The molecule has 1 aromatic heterocycles. The molecule has 0 atom stereocenters. The highest BCUT2D eigenvalue weighted by Gasteiger charge is 2.27. The molecule has 1 aliphatic heterocycles. The lowest BCUT2D eigenvalue weighted by atomic mass is 9.88. The van der Waals surface area contributed by atoms with Gasteiger partial charge in [0, 0.05) is 37.4 Å². The first-order chi connectivity index (χ1) is 10.4. The molecule has 0 aromatic carbocycles. The first kappa shape index (κ1) is 17.2. The Balaban J connectivity index is 2.06. The van der Waals surface area contributed by atoms with E-state index in [1.165, 1.54) is 4.31 Å². The van der Waals surface area contributed by atoms with E-state index < -0.39 is 10.0 Å². The molecule has 6 nitrogen and oxygen atoms in total. The second-order valence-electron chi connectivity index (χ2n) is 6.15. The van der Waals surface area contributed by atoms with Crippen molar-refractivity contribution in [3.05, 3.63) is 30.9 Å².